The molecule has 1 saturated carbocycles. The van der Waals surface area contributed by atoms with Gasteiger partial charge in [0.05, 0.1) is 10.2 Å². The first-order valence-corrected chi connectivity index (χ1v) is 6.51. The van der Waals surface area contributed by atoms with Crippen molar-refractivity contribution in [3.05, 3.63) is 23.8 Å². The summed E-state index contributed by atoms with van der Waals surface area (Å²) in [5.74, 6) is 0.00331. The van der Waals surface area contributed by atoms with E-state index in [1.165, 1.54) is 17.8 Å². The molecule has 2 aromatic rings. The van der Waals surface area contributed by atoms with Crippen molar-refractivity contribution in [2.75, 3.05) is 5.73 Å². The Morgan fingerprint density at radius 3 is 3.00 bits per heavy atom. The Morgan fingerprint density at radius 1 is 1.47 bits per heavy atom. The van der Waals surface area contributed by atoms with Crippen LogP contribution in [0, 0.1) is 0 Å². The minimum Gasteiger partial charge on any atom is -0.375 e. The molecule has 17 heavy (non-hydrogen) atoms. The van der Waals surface area contributed by atoms with E-state index in [4.69, 9.17) is 5.73 Å². The Labute approximate surface area is 103 Å². The third kappa shape index (κ3) is 1.98. The van der Waals surface area contributed by atoms with Crippen LogP contribution < -0.4 is 11.1 Å². The monoisotopic (exact) mass is 247 g/mol. The van der Waals surface area contributed by atoms with E-state index in [0.717, 1.165) is 23.1 Å². The number of carbonyl (C=O) groups is 1. The summed E-state index contributed by atoms with van der Waals surface area (Å²) in [4.78, 5) is 16.1. The lowest BCUT2D eigenvalue weighted by Crippen LogP contribution is -2.39. The Morgan fingerprint density at radius 2 is 2.29 bits per heavy atom. The van der Waals surface area contributed by atoms with Crippen molar-refractivity contribution in [3.63, 3.8) is 0 Å². The van der Waals surface area contributed by atoms with E-state index in [-0.39, 0.29) is 5.91 Å². The van der Waals surface area contributed by atoms with Crippen LogP contribution in [0.2, 0.25) is 0 Å². The van der Waals surface area contributed by atoms with Crippen LogP contribution in [0.1, 0.15) is 29.6 Å². The number of nitrogen functional groups attached to an aromatic ring is 1. The Kier molecular flexibility index (Phi) is 2.48. The third-order valence-electron chi connectivity index (χ3n) is 3.11. The summed E-state index contributed by atoms with van der Waals surface area (Å²) in [6, 6.07) is 5.87. The van der Waals surface area contributed by atoms with E-state index in [1.54, 1.807) is 6.07 Å². The molecule has 1 aliphatic rings. The van der Waals surface area contributed by atoms with Crippen LogP contribution in [0.25, 0.3) is 10.2 Å². The number of hydrogen-bond acceptors (Lipinski definition) is 4. The average Bonchev–Trinajstić information content (AvgIpc) is 2.62. The highest BCUT2D eigenvalue weighted by Gasteiger charge is 2.20. The van der Waals surface area contributed by atoms with Crippen LogP contribution >= 0.6 is 11.3 Å². The fourth-order valence-corrected chi connectivity index (χ4v) is 2.68. The SMILES string of the molecule is Nc1nc2ccc(C(=O)NC3CCC3)cc2s1. The maximum atomic E-state index is 11.9. The molecule has 3 N–H and O–H groups in total. The molecule has 88 valence electrons. The molecule has 1 aliphatic carbocycles. The summed E-state index contributed by atoms with van der Waals surface area (Å²) in [5, 5.41) is 3.56. The number of anilines is 1. The standard InChI is InChI=1S/C12H13N3OS/c13-12-15-9-5-4-7(6-10(9)17-12)11(16)14-8-2-1-3-8/h4-6,8H,1-3H2,(H2,13,15)(H,14,16). The molecule has 0 unspecified atom stereocenters. The van der Waals surface area contributed by atoms with Gasteiger partial charge in [0.2, 0.25) is 0 Å². The molecule has 0 atom stereocenters. The predicted molar refractivity (Wildman–Crippen MR) is 69.1 cm³/mol. The molecule has 1 fully saturated rings. The zero-order chi connectivity index (χ0) is 11.8. The number of thiazole rings is 1. The van der Waals surface area contributed by atoms with Crippen molar-refractivity contribution in [1.82, 2.24) is 10.3 Å². The molecule has 0 saturated heterocycles. The highest BCUT2D eigenvalue weighted by molar-refractivity contribution is 7.22. The zero-order valence-corrected chi connectivity index (χ0v) is 10.1. The van der Waals surface area contributed by atoms with Gasteiger partial charge in [0, 0.05) is 11.6 Å². The molecule has 0 aliphatic heterocycles. The van der Waals surface area contributed by atoms with Gasteiger partial charge >= 0.3 is 0 Å². The number of fused-ring (bicyclic) bond motifs is 1. The van der Waals surface area contributed by atoms with Crippen LogP contribution in [0.4, 0.5) is 5.13 Å². The van der Waals surface area contributed by atoms with Crippen molar-refractivity contribution in [2.45, 2.75) is 25.3 Å². The van der Waals surface area contributed by atoms with Gasteiger partial charge in [-0.05, 0) is 37.5 Å². The number of amides is 1. The second-order valence-electron chi connectivity index (χ2n) is 4.34. The van der Waals surface area contributed by atoms with Crippen molar-refractivity contribution in [1.29, 1.82) is 0 Å². The number of benzene rings is 1. The first-order valence-electron chi connectivity index (χ1n) is 5.69. The maximum Gasteiger partial charge on any atom is 0.251 e. The fourth-order valence-electron chi connectivity index (χ4n) is 1.90. The topological polar surface area (TPSA) is 68.0 Å². The van der Waals surface area contributed by atoms with Gasteiger partial charge in [-0.3, -0.25) is 4.79 Å². The van der Waals surface area contributed by atoms with Crippen LogP contribution in [0.3, 0.4) is 0 Å². The lowest BCUT2D eigenvalue weighted by molar-refractivity contribution is 0.0917. The van der Waals surface area contributed by atoms with Crippen molar-refractivity contribution in [2.24, 2.45) is 0 Å². The number of rotatable bonds is 2. The molecular weight excluding hydrogens is 234 g/mol. The lowest BCUT2D eigenvalue weighted by Gasteiger charge is -2.26. The first-order chi connectivity index (χ1) is 8.22. The highest BCUT2D eigenvalue weighted by Crippen LogP contribution is 2.25. The van der Waals surface area contributed by atoms with E-state index in [1.807, 2.05) is 12.1 Å². The quantitative estimate of drug-likeness (QED) is 0.854. The number of carbonyl (C=O) groups excluding carboxylic acids is 1. The molecule has 1 heterocycles. The molecule has 5 heteroatoms. The van der Waals surface area contributed by atoms with Crippen LogP contribution in [0.15, 0.2) is 18.2 Å². The molecule has 1 aromatic heterocycles. The summed E-state index contributed by atoms with van der Waals surface area (Å²) in [7, 11) is 0. The van der Waals surface area contributed by atoms with E-state index in [0.29, 0.717) is 16.7 Å². The minimum atomic E-state index is 0.00331. The van der Waals surface area contributed by atoms with Gasteiger partial charge in [-0.2, -0.15) is 0 Å². The Bertz CT molecular complexity index is 574. The largest absolute Gasteiger partial charge is 0.375 e. The molecule has 4 nitrogen and oxygen atoms in total. The predicted octanol–water partition coefficient (Wildman–Crippen LogP) is 2.16. The van der Waals surface area contributed by atoms with Crippen LogP contribution in [-0.4, -0.2) is 16.9 Å². The van der Waals surface area contributed by atoms with Gasteiger partial charge in [0.1, 0.15) is 0 Å². The van der Waals surface area contributed by atoms with Crippen molar-refractivity contribution < 1.29 is 4.79 Å². The molecular formula is C12H13N3OS. The van der Waals surface area contributed by atoms with E-state index in [2.05, 4.69) is 10.3 Å². The second kappa shape index (κ2) is 4.00. The summed E-state index contributed by atoms with van der Waals surface area (Å²) in [6.07, 6.45) is 3.42. The second-order valence-corrected chi connectivity index (χ2v) is 5.40. The smallest absolute Gasteiger partial charge is 0.251 e. The summed E-state index contributed by atoms with van der Waals surface area (Å²) >= 11 is 1.41. The fraction of sp³-hybridized carbons (Fsp3) is 0.333. The molecule has 1 aromatic carbocycles. The number of aromatic nitrogens is 1. The minimum absolute atomic E-state index is 0.00331. The summed E-state index contributed by atoms with van der Waals surface area (Å²) in [5.41, 5.74) is 7.18. The molecule has 0 bridgehead atoms. The van der Waals surface area contributed by atoms with E-state index in [9.17, 15) is 4.79 Å². The van der Waals surface area contributed by atoms with Crippen molar-refractivity contribution >= 4 is 32.6 Å². The molecule has 0 radical (unpaired) electrons. The van der Waals surface area contributed by atoms with Crippen LogP contribution in [0.5, 0.6) is 0 Å². The average molecular weight is 247 g/mol. The zero-order valence-electron chi connectivity index (χ0n) is 9.27. The normalized spacial score (nSPS) is 15.8. The van der Waals surface area contributed by atoms with E-state index >= 15 is 0 Å². The van der Waals surface area contributed by atoms with Gasteiger partial charge in [-0.15, -0.1) is 0 Å². The first kappa shape index (κ1) is 10.5. The summed E-state index contributed by atoms with van der Waals surface area (Å²) < 4.78 is 0.962. The number of nitrogens with two attached hydrogens (primary N) is 1. The molecule has 1 amide bonds. The van der Waals surface area contributed by atoms with Gasteiger partial charge < -0.3 is 11.1 Å². The van der Waals surface area contributed by atoms with Crippen molar-refractivity contribution in [3.8, 4) is 0 Å². The number of nitrogens with one attached hydrogen (secondary N) is 1. The Balaban J connectivity index is 1.85. The number of nitrogens with zero attached hydrogens (tertiary/aromatic N) is 1. The van der Waals surface area contributed by atoms with Gasteiger partial charge in [0.15, 0.2) is 5.13 Å². The van der Waals surface area contributed by atoms with Gasteiger partial charge in [-0.1, -0.05) is 11.3 Å². The third-order valence-corrected chi connectivity index (χ3v) is 3.95. The number of hydrogen-bond donors (Lipinski definition) is 2. The Hall–Kier alpha value is -1.62. The molecule has 3 rings (SSSR count). The lowest BCUT2D eigenvalue weighted by atomic mass is 9.93. The summed E-state index contributed by atoms with van der Waals surface area (Å²) in [6.45, 7) is 0. The van der Waals surface area contributed by atoms with Gasteiger partial charge in [0.25, 0.3) is 5.91 Å². The van der Waals surface area contributed by atoms with E-state index < -0.39 is 0 Å². The van der Waals surface area contributed by atoms with Gasteiger partial charge in [-0.25, -0.2) is 4.98 Å². The molecule has 0 spiro atoms. The highest BCUT2D eigenvalue weighted by atomic mass is 32.1. The van der Waals surface area contributed by atoms with Crippen LogP contribution in [-0.2, 0) is 0 Å². The maximum absolute atomic E-state index is 11.9.